The van der Waals surface area contributed by atoms with Gasteiger partial charge < -0.3 is 9.84 Å². The monoisotopic (exact) mass is 292 g/mol. The summed E-state index contributed by atoms with van der Waals surface area (Å²) in [6.45, 7) is 4.94. The Bertz CT molecular complexity index is 523. The molecule has 108 valence electrons. The molecule has 1 atom stereocenters. The molecule has 0 radical (unpaired) electrons. The average molecular weight is 292 g/mol. The van der Waals surface area contributed by atoms with Crippen LogP contribution in [0.2, 0.25) is 0 Å². The van der Waals surface area contributed by atoms with Gasteiger partial charge in [0.05, 0.1) is 10.7 Å². The first kappa shape index (κ1) is 15.0. The van der Waals surface area contributed by atoms with E-state index in [4.69, 9.17) is 9.84 Å². The SMILES string of the molecule is CCc1nc(-c2ccc(OCCNC(C)O)cc2)cs1. The molecule has 1 aromatic heterocycles. The van der Waals surface area contributed by atoms with E-state index in [1.54, 1.807) is 18.3 Å². The lowest BCUT2D eigenvalue weighted by Gasteiger charge is -2.09. The topological polar surface area (TPSA) is 54.4 Å². The maximum absolute atomic E-state index is 9.06. The molecule has 0 spiro atoms. The minimum absolute atomic E-state index is 0.501. The summed E-state index contributed by atoms with van der Waals surface area (Å²) >= 11 is 1.69. The Labute approximate surface area is 123 Å². The smallest absolute Gasteiger partial charge is 0.119 e. The van der Waals surface area contributed by atoms with Crippen molar-refractivity contribution in [2.75, 3.05) is 13.2 Å². The summed E-state index contributed by atoms with van der Waals surface area (Å²) in [7, 11) is 0. The number of aryl methyl sites for hydroxylation is 1. The number of thiazole rings is 1. The van der Waals surface area contributed by atoms with Gasteiger partial charge in [-0.15, -0.1) is 11.3 Å². The Morgan fingerprint density at radius 1 is 1.35 bits per heavy atom. The molecule has 4 nitrogen and oxygen atoms in total. The minimum atomic E-state index is -0.501. The second-order valence-corrected chi connectivity index (χ2v) is 5.43. The van der Waals surface area contributed by atoms with Gasteiger partial charge in [0.15, 0.2) is 0 Å². The Morgan fingerprint density at radius 3 is 2.70 bits per heavy atom. The molecule has 2 rings (SSSR count). The molecule has 0 bridgehead atoms. The van der Waals surface area contributed by atoms with Crippen LogP contribution in [-0.4, -0.2) is 29.5 Å². The minimum Gasteiger partial charge on any atom is -0.492 e. The highest BCUT2D eigenvalue weighted by atomic mass is 32.1. The molecule has 0 fully saturated rings. The molecule has 2 N–H and O–H groups in total. The van der Waals surface area contributed by atoms with Crippen LogP contribution in [0.1, 0.15) is 18.9 Å². The highest BCUT2D eigenvalue weighted by molar-refractivity contribution is 7.09. The van der Waals surface area contributed by atoms with Gasteiger partial charge in [0, 0.05) is 17.5 Å². The lowest BCUT2D eigenvalue weighted by molar-refractivity contribution is 0.148. The second-order valence-electron chi connectivity index (χ2n) is 4.48. The summed E-state index contributed by atoms with van der Waals surface area (Å²) in [5, 5.41) is 15.2. The van der Waals surface area contributed by atoms with Gasteiger partial charge >= 0.3 is 0 Å². The number of rotatable bonds is 7. The number of aromatic nitrogens is 1. The van der Waals surface area contributed by atoms with Crippen molar-refractivity contribution in [1.29, 1.82) is 0 Å². The number of nitrogens with one attached hydrogen (secondary N) is 1. The molecule has 2 aromatic rings. The van der Waals surface area contributed by atoms with Gasteiger partial charge in [0.2, 0.25) is 0 Å². The summed E-state index contributed by atoms with van der Waals surface area (Å²) in [6.07, 6.45) is 0.473. The zero-order chi connectivity index (χ0) is 14.4. The third kappa shape index (κ3) is 4.30. The maximum atomic E-state index is 9.06. The van der Waals surface area contributed by atoms with Crippen molar-refractivity contribution >= 4 is 11.3 Å². The van der Waals surface area contributed by atoms with Gasteiger partial charge in [-0.2, -0.15) is 0 Å². The second kappa shape index (κ2) is 7.38. The van der Waals surface area contributed by atoms with Crippen LogP contribution < -0.4 is 10.1 Å². The zero-order valence-electron chi connectivity index (χ0n) is 11.8. The van der Waals surface area contributed by atoms with Crippen LogP contribution in [-0.2, 0) is 6.42 Å². The third-order valence-corrected chi connectivity index (χ3v) is 3.81. The number of hydrogen-bond donors (Lipinski definition) is 2. The van der Waals surface area contributed by atoms with E-state index in [0.717, 1.165) is 28.4 Å². The van der Waals surface area contributed by atoms with E-state index >= 15 is 0 Å². The van der Waals surface area contributed by atoms with Crippen LogP contribution >= 0.6 is 11.3 Å². The molecule has 0 saturated carbocycles. The van der Waals surface area contributed by atoms with Gasteiger partial charge in [-0.25, -0.2) is 4.98 Å². The molecular weight excluding hydrogens is 272 g/mol. The largest absolute Gasteiger partial charge is 0.492 e. The van der Waals surface area contributed by atoms with Crippen molar-refractivity contribution < 1.29 is 9.84 Å². The molecule has 1 heterocycles. The summed E-state index contributed by atoms with van der Waals surface area (Å²) in [5.74, 6) is 0.826. The first-order valence-electron chi connectivity index (χ1n) is 6.78. The molecule has 1 aromatic carbocycles. The summed E-state index contributed by atoms with van der Waals surface area (Å²) in [6, 6.07) is 7.93. The summed E-state index contributed by atoms with van der Waals surface area (Å²) < 4.78 is 5.58. The average Bonchev–Trinajstić information content (AvgIpc) is 2.93. The predicted molar refractivity (Wildman–Crippen MR) is 82.1 cm³/mol. The molecular formula is C15H20N2O2S. The van der Waals surface area contributed by atoms with Crippen LogP contribution in [0, 0.1) is 0 Å². The van der Waals surface area contributed by atoms with Gasteiger partial charge in [-0.1, -0.05) is 6.92 Å². The maximum Gasteiger partial charge on any atom is 0.119 e. The van der Waals surface area contributed by atoms with E-state index < -0.39 is 6.23 Å². The first-order chi connectivity index (χ1) is 9.69. The van der Waals surface area contributed by atoms with Gasteiger partial charge in [-0.05, 0) is 37.6 Å². The fourth-order valence-electron chi connectivity index (χ4n) is 1.76. The van der Waals surface area contributed by atoms with Gasteiger partial charge in [0.1, 0.15) is 18.6 Å². The van der Waals surface area contributed by atoms with E-state index in [1.807, 2.05) is 24.3 Å². The first-order valence-corrected chi connectivity index (χ1v) is 7.66. The normalized spacial score (nSPS) is 12.3. The van der Waals surface area contributed by atoms with E-state index in [0.29, 0.717) is 13.2 Å². The number of hydrogen-bond acceptors (Lipinski definition) is 5. The van der Waals surface area contributed by atoms with Crippen molar-refractivity contribution in [3.8, 4) is 17.0 Å². The number of nitrogens with zero attached hydrogens (tertiary/aromatic N) is 1. The number of aliphatic hydroxyl groups is 1. The Balaban J connectivity index is 1.89. The summed E-state index contributed by atoms with van der Waals surface area (Å²) in [5.41, 5.74) is 2.13. The summed E-state index contributed by atoms with van der Waals surface area (Å²) in [4.78, 5) is 4.56. The predicted octanol–water partition coefficient (Wildman–Crippen LogP) is 2.68. The van der Waals surface area contributed by atoms with E-state index in [9.17, 15) is 0 Å². The van der Waals surface area contributed by atoms with Gasteiger partial charge in [0.25, 0.3) is 0 Å². The molecule has 1 unspecified atom stereocenters. The number of ether oxygens (including phenoxy) is 1. The lowest BCUT2D eigenvalue weighted by Crippen LogP contribution is -2.29. The third-order valence-electron chi connectivity index (χ3n) is 2.81. The van der Waals surface area contributed by atoms with E-state index in [-0.39, 0.29) is 0 Å². The fourth-order valence-corrected chi connectivity index (χ4v) is 2.52. The van der Waals surface area contributed by atoms with Gasteiger partial charge in [-0.3, -0.25) is 5.32 Å². The van der Waals surface area contributed by atoms with Crippen molar-refractivity contribution in [2.45, 2.75) is 26.5 Å². The van der Waals surface area contributed by atoms with Crippen molar-refractivity contribution in [3.63, 3.8) is 0 Å². The highest BCUT2D eigenvalue weighted by Gasteiger charge is 2.03. The molecule has 0 amide bonds. The van der Waals surface area contributed by atoms with Crippen LogP contribution in [0.4, 0.5) is 0 Å². The lowest BCUT2D eigenvalue weighted by atomic mass is 10.2. The fraction of sp³-hybridized carbons (Fsp3) is 0.400. The van der Waals surface area contributed by atoms with Crippen LogP contribution in [0.15, 0.2) is 29.6 Å². The van der Waals surface area contributed by atoms with Crippen molar-refractivity contribution in [2.24, 2.45) is 0 Å². The van der Waals surface area contributed by atoms with E-state index in [2.05, 4.69) is 22.6 Å². The van der Waals surface area contributed by atoms with Crippen LogP contribution in [0.3, 0.4) is 0 Å². The molecule has 0 saturated heterocycles. The number of benzene rings is 1. The van der Waals surface area contributed by atoms with Crippen LogP contribution in [0.25, 0.3) is 11.3 Å². The molecule has 0 aliphatic heterocycles. The zero-order valence-corrected chi connectivity index (χ0v) is 12.6. The highest BCUT2D eigenvalue weighted by Crippen LogP contribution is 2.24. The Morgan fingerprint density at radius 2 is 2.10 bits per heavy atom. The standard InChI is InChI=1S/C15H20N2O2S/c1-3-15-17-14(10-20-15)12-4-6-13(7-5-12)19-9-8-16-11(2)18/h4-7,10-11,16,18H,3,8-9H2,1-2H3. The quantitative estimate of drug-likeness (QED) is 0.608. The molecule has 20 heavy (non-hydrogen) atoms. The van der Waals surface area contributed by atoms with Crippen LogP contribution in [0.5, 0.6) is 5.75 Å². The van der Waals surface area contributed by atoms with E-state index in [1.165, 1.54) is 0 Å². The molecule has 0 aliphatic rings. The Kier molecular flexibility index (Phi) is 5.52. The van der Waals surface area contributed by atoms with Crippen molar-refractivity contribution in [3.05, 3.63) is 34.7 Å². The molecule has 0 aliphatic carbocycles. The van der Waals surface area contributed by atoms with Crippen molar-refractivity contribution in [1.82, 2.24) is 10.3 Å². The molecule has 5 heteroatoms. The number of aliphatic hydroxyl groups excluding tert-OH is 1. The Hall–Kier alpha value is -1.43.